The maximum Gasteiger partial charge on any atom is 0.354 e. The first-order chi connectivity index (χ1) is 6.56. The Labute approximate surface area is 77.4 Å². The molecule has 0 aliphatic rings. The standard InChI is InChI=1S/C8H4F2N2O2/c9-7(10)6-4(3-11)1-2-5(12-6)8(13)14/h1-2,7H,(H,13,14). The van der Waals surface area contributed by atoms with Crippen LogP contribution in [0.15, 0.2) is 12.1 Å². The van der Waals surface area contributed by atoms with Crippen molar-refractivity contribution in [3.8, 4) is 6.07 Å². The number of carboxylic acids is 1. The number of aromatic carboxylic acids is 1. The Balaban J connectivity index is 3.29. The van der Waals surface area contributed by atoms with Gasteiger partial charge in [0.1, 0.15) is 17.5 Å². The highest BCUT2D eigenvalue weighted by Gasteiger charge is 2.17. The average Bonchev–Trinajstić information content (AvgIpc) is 2.16. The predicted molar refractivity (Wildman–Crippen MR) is 40.9 cm³/mol. The van der Waals surface area contributed by atoms with Gasteiger partial charge in [0.25, 0.3) is 6.43 Å². The lowest BCUT2D eigenvalue weighted by molar-refractivity contribution is 0.0688. The largest absolute Gasteiger partial charge is 0.477 e. The summed E-state index contributed by atoms with van der Waals surface area (Å²) >= 11 is 0. The molecular formula is C8H4F2N2O2. The molecule has 0 aromatic carbocycles. The second kappa shape index (κ2) is 3.79. The molecule has 0 amide bonds. The van der Waals surface area contributed by atoms with E-state index in [1.165, 1.54) is 6.07 Å². The summed E-state index contributed by atoms with van der Waals surface area (Å²) in [6.45, 7) is 0. The van der Waals surface area contributed by atoms with Crippen LogP contribution in [0.5, 0.6) is 0 Å². The molecule has 72 valence electrons. The Morgan fingerprint density at radius 1 is 1.57 bits per heavy atom. The van der Waals surface area contributed by atoms with E-state index in [1.54, 1.807) is 0 Å². The molecule has 6 heteroatoms. The number of rotatable bonds is 2. The van der Waals surface area contributed by atoms with Gasteiger partial charge in [0, 0.05) is 0 Å². The molecule has 0 radical (unpaired) electrons. The minimum atomic E-state index is -2.95. The van der Waals surface area contributed by atoms with Crippen molar-refractivity contribution in [1.29, 1.82) is 5.26 Å². The minimum Gasteiger partial charge on any atom is -0.477 e. The molecule has 0 saturated heterocycles. The lowest BCUT2D eigenvalue weighted by Gasteiger charge is -2.02. The summed E-state index contributed by atoms with van der Waals surface area (Å²) in [6.07, 6.45) is -2.95. The Morgan fingerprint density at radius 2 is 2.21 bits per heavy atom. The van der Waals surface area contributed by atoms with Crippen molar-refractivity contribution in [3.63, 3.8) is 0 Å². The van der Waals surface area contributed by atoms with Gasteiger partial charge >= 0.3 is 5.97 Å². The van der Waals surface area contributed by atoms with Gasteiger partial charge in [-0.25, -0.2) is 18.6 Å². The SMILES string of the molecule is N#Cc1ccc(C(=O)O)nc1C(F)F. The van der Waals surface area contributed by atoms with E-state index in [1.807, 2.05) is 0 Å². The third-order valence-corrected chi connectivity index (χ3v) is 1.47. The van der Waals surface area contributed by atoms with Crippen LogP contribution in [-0.2, 0) is 0 Å². The fraction of sp³-hybridized carbons (Fsp3) is 0.125. The van der Waals surface area contributed by atoms with Crippen molar-refractivity contribution in [1.82, 2.24) is 4.98 Å². The quantitative estimate of drug-likeness (QED) is 0.782. The monoisotopic (exact) mass is 198 g/mol. The maximum atomic E-state index is 12.3. The second-order valence-electron chi connectivity index (χ2n) is 2.35. The summed E-state index contributed by atoms with van der Waals surface area (Å²) in [5.74, 6) is -1.41. The summed E-state index contributed by atoms with van der Waals surface area (Å²) in [6, 6.07) is 3.53. The predicted octanol–water partition coefficient (Wildman–Crippen LogP) is 1.59. The Bertz CT molecular complexity index is 412. The van der Waals surface area contributed by atoms with E-state index in [-0.39, 0.29) is 5.56 Å². The molecule has 0 spiro atoms. The van der Waals surface area contributed by atoms with Gasteiger partial charge in [-0.2, -0.15) is 5.26 Å². The molecule has 1 N–H and O–H groups in total. The van der Waals surface area contributed by atoms with Gasteiger partial charge in [-0.05, 0) is 12.1 Å². The average molecular weight is 198 g/mol. The van der Waals surface area contributed by atoms with Crippen molar-refractivity contribution >= 4 is 5.97 Å². The summed E-state index contributed by atoms with van der Waals surface area (Å²) in [7, 11) is 0. The molecule has 0 atom stereocenters. The number of carboxylic acid groups (broad SMARTS) is 1. The molecule has 0 aliphatic carbocycles. The molecule has 14 heavy (non-hydrogen) atoms. The van der Waals surface area contributed by atoms with Crippen LogP contribution in [0.1, 0.15) is 28.2 Å². The number of alkyl halides is 2. The number of nitriles is 1. The lowest BCUT2D eigenvalue weighted by Crippen LogP contribution is -2.05. The van der Waals surface area contributed by atoms with Gasteiger partial charge in [-0.1, -0.05) is 0 Å². The Hall–Kier alpha value is -2.03. The molecular weight excluding hydrogens is 194 g/mol. The highest BCUT2D eigenvalue weighted by molar-refractivity contribution is 5.85. The zero-order valence-electron chi connectivity index (χ0n) is 6.74. The topological polar surface area (TPSA) is 74.0 Å². The molecule has 0 saturated carbocycles. The summed E-state index contributed by atoms with van der Waals surface area (Å²) in [4.78, 5) is 13.6. The number of carbonyl (C=O) groups is 1. The van der Waals surface area contributed by atoms with Gasteiger partial charge in [-0.15, -0.1) is 0 Å². The molecule has 4 nitrogen and oxygen atoms in total. The number of pyridine rings is 1. The molecule has 0 bridgehead atoms. The third-order valence-electron chi connectivity index (χ3n) is 1.47. The second-order valence-corrected chi connectivity index (χ2v) is 2.35. The molecule has 0 aliphatic heterocycles. The maximum absolute atomic E-state index is 12.3. The van der Waals surface area contributed by atoms with Crippen molar-refractivity contribution in [2.45, 2.75) is 6.43 Å². The van der Waals surface area contributed by atoms with Crippen LogP contribution in [-0.4, -0.2) is 16.1 Å². The summed E-state index contributed by atoms with van der Waals surface area (Å²) in [5, 5.41) is 16.9. The molecule has 1 heterocycles. The van der Waals surface area contributed by atoms with Crippen LogP contribution in [0.2, 0.25) is 0 Å². The number of hydrogen-bond donors (Lipinski definition) is 1. The van der Waals surface area contributed by atoms with E-state index in [9.17, 15) is 13.6 Å². The van der Waals surface area contributed by atoms with Crippen molar-refractivity contribution in [2.75, 3.05) is 0 Å². The number of halogens is 2. The van der Waals surface area contributed by atoms with Crippen molar-refractivity contribution in [2.24, 2.45) is 0 Å². The van der Waals surface area contributed by atoms with Crippen molar-refractivity contribution < 1.29 is 18.7 Å². The highest BCUT2D eigenvalue weighted by Crippen LogP contribution is 2.20. The fourth-order valence-electron chi connectivity index (χ4n) is 0.855. The fourth-order valence-corrected chi connectivity index (χ4v) is 0.855. The normalized spacial score (nSPS) is 9.86. The molecule has 1 aromatic rings. The zero-order chi connectivity index (χ0) is 10.7. The summed E-state index contributed by atoms with van der Waals surface area (Å²) in [5.41, 5.74) is -1.61. The van der Waals surface area contributed by atoms with Gasteiger partial charge in [0.05, 0.1) is 5.56 Å². The van der Waals surface area contributed by atoms with Gasteiger partial charge < -0.3 is 5.11 Å². The van der Waals surface area contributed by atoms with Crippen LogP contribution >= 0.6 is 0 Å². The first kappa shape index (κ1) is 10.1. The van der Waals surface area contributed by atoms with E-state index < -0.39 is 23.8 Å². The number of nitrogens with zero attached hydrogens (tertiary/aromatic N) is 2. The molecule has 1 rings (SSSR count). The smallest absolute Gasteiger partial charge is 0.354 e. The highest BCUT2D eigenvalue weighted by atomic mass is 19.3. The van der Waals surface area contributed by atoms with Crippen LogP contribution in [0.3, 0.4) is 0 Å². The lowest BCUT2D eigenvalue weighted by atomic mass is 10.2. The van der Waals surface area contributed by atoms with E-state index in [0.29, 0.717) is 0 Å². The van der Waals surface area contributed by atoms with E-state index in [2.05, 4.69) is 4.98 Å². The molecule has 0 unspecified atom stereocenters. The number of aromatic nitrogens is 1. The van der Waals surface area contributed by atoms with Gasteiger partial charge in [0.2, 0.25) is 0 Å². The first-order valence-electron chi connectivity index (χ1n) is 3.48. The first-order valence-corrected chi connectivity index (χ1v) is 3.48. The van der Waals surface area contributed by atoms with E-state index >= 15 is 0 Å². The van der Waals surface area contributed by atoms with Crippen LogP contribution in [0.4, 0.5) is 8.78 Å². The van der Waals surface area contributed by atoms with Gasteiger partial charge in [0.15, 0.2) is 0 Å². The third kappa shape index (κ3) is 1.82. The van der Waals surface area contributed by atoms with E-state index in [0.717, 1.165) is 12.1 Å². The van der Waals surface area contributed by atoms with Gasteiger partial charge in [-0.3, -0.25) is 0 Å². The number of hydrogen-bond acceptors (Lipinski definition) is 3. The van der Waals surface area contributed by atoms with E-state index in [4.69, 9.17) is 10.4 Å². The molecule has 0 fully saturated rings. The van der Waals surface area contributed by atoms with Crippen LogP contribution < -0.4 is 0 Å². The Kier molecular flexibility index (Phi) is 2.72. The zero-order valence-corrected chi connectivity index (χ0v) is 6.74. The van der Waals surface area contributed by atoms with Crippen LogP contribution in [0, 0.1) is 11.3 Å². The minimum absolute atomic E-state index is 0.315. The van der Waals surface area contributed by atoms with Crippen molar-refractivity contribution in [3.05, 3.63) is 29.1 Å². The molecule has 1 aromatic heterocycles. The van der Waals surface area contributed by atoms with Crippen LogP contribution in [0.25, 0.3) is 0 Å². The Morgan fingerprint density at radius 3 is 2.64 bits per heavy atom. The summed E-state index contributed by atoms with van der Waals surface area (Å²) < 4.78 is 24.5.